The number of para-hydroxylation sites is 1. The number of nitrogens with one attached hydrogen (secondary N) is 1. The number of hydrogen-bond donors (Lipinski definition) is 1. The molecule has 9 nitrogen and oxygen atoms in total. The number of benzene rings is 2. The Morgan fingerprint density at radius 2 is 1.55 bits per heavy atom. The number of carbonyl (C=O) groups is 1. The van der Waals surface area contributed by atoms with Gasteiger partial charge in [-0.1, -0.05) is 43.5 Å². The number of nitrogens with zero attached hydrogens (tertiary/aromatic N) is 5. The van der Waals surface area contributed by atoms with E-state index in [9.17, 15) is 13.2 Å². The van der Waals surface area contributed by atoms with Gasteiger partial charge < -0.3 is 19.3 Å². The molecule has 10 heteroatoms. The Kier molecular flexibility index (Phi) is 8.08. The lowest BCUT2D eigenvalue weighted by atomic mass is 9.81. The molecule has 1 aliphatic carbocycles. The van der Waals surface area contributed by atoms with Crippen LogP contribution in [0.1, 0.15) is 53.9 Å². The van der Waals surface area contributed by atoms with Gasteiger partial charge in [0.2, 0.25) is 0 Å². The predicted molar refractivity (Wildman–Crippen MR) is 169 cm³/mol. The molecule has 226 valence electrons. The molecule has 1 fully saturated rings. The molecule has 0 spiro atoms. The summed E-state index contributed by atoms with van der Waals surface area (Å²) >= 11 is 0. The molecule has 1 N–H and O–H groups in total. The molecule has 2 aliphatic heterocycles. The molecule has 3 aromatic rings. The lowest BCUT2D eigenvalue weighted by Gasteiger charge is -2.33. The Morgan fingerprint density at radius 1 is 0.833 bits per heavy atom. The van der Waals surface area contributed by atoms with Crippen molar-refractivity contribution >= 4 is 32.7 Å². The Bertz CT molecular complexity index is 1580. The summed E-state index contributed by atoms with van der Waals surface area (Å²) in [5, 5.41) is 1.18. The van der Waals surface area contributed by atoms with Crippen LogP contribution in [0.3, 0.4) is 0 Å². The topological polar surface area (TPSA) is 81.1 Å². The van der Waals surface area contributed by atoms with E-state index in [1.807, 2.05) is 13.1 Å². The van der Waals surface area contributed by atoms with E-state index in [1.54, 1.807) is 6.07 Å². The number of rotatable bonds is 1. The van der Waals surface area contributed by atoms with Crippen molar-refractivity contribution in [2.75, 3.05) is 65.8 Å². The van der Waals surface area contributed by atoms with Gasteiger partial charge in [-0.15, -0.1) is 0 Å². The van der Waals surface area contributed by atoms with Crippen LogP contribution in [0.15, 0.2) is 42.5 Å². The van der Waals surface area contributed by atoms with Crippen LogP contribution >= 0.6 is 0 Å². The van der Waals surface area contributed by atoms with Gasteiger partial charge in [-0.2, -0.15) is 12.7 Å². The molecule has 1 saturated carbocycles. The number of amides is 1. The maximum atomic E-state index is 13.4. The first-order valence-electron chi connectivity index (χ1n) is 15.3. The Morgan fingerprint density at radius 3 is 2.33 bits per heavy atom. The lowest BCUT2D eigenvalue weighted by molar-refractivity contribution is 0.0979. The second-order valence-corrected chi connectivity index (χ2v) is 14.3. The minimum Gasteiger partial charge on any atom is -0.368 e. The van der Waals surface area contributed by atoms with Crippen molar-refractivity contribution in [2.24, 2.45) is 0 Å². The zero-order chi connectivity index (χ0) is 29.6. The van der Waals surface area contributed by atoms with Gasteiger partial charge in [0, 0.05) is 81.1 Å². The van der Waals surface area contributed by atoms with Crippen molar-refractivity contribution in [3.8, 4) is 11.3 Å². The summed E-state index contributed by atoms with van der Waals surface area (Å²) in [6.45, 7) is 4.20. The third kappa shape index (κ3) is 5.45. The molecule has 42 heavy (non-hydrogen) atoms. The normalized spacial score (nSPS) is 23.6. The Balaban J connectivity index is 1.56. The molecule has 1 aromatic heterocycles. The molecule has 4 bridgehead atoms. The molecule has 1 atom stereocenters. The fourth-order valence-corrected chi connectivity index (χ4v) is 7.91. The van der Waals surface area contributed by atoms with Gasteiger partial charge in [0.1, 0.15) is 0 Å². The number of aromatic nitrogens is 1. The molecular weight excluding hydrogens is 548 g/mol. The maximum Gasteiger partial charge on any atom is 0.303 e. The van der Waals surface area contributed by atoms with E-state index >= 15 is 0 Å². The molecule has 3 heterocycles. The van der Waals surface area contributed by atoms with Crippen molar-refractivity contribution in [3.63, 3.8) is 0 Å². The molecule has 3 aliphatic rings. The van der Waals surface area contributed by atoms with Crippen molar-refractivity contribution in [2.45, 2.75) is 50.6 Å². The van der Waals surface area contributed by atoms with Gasteiger partial charge in [0.05, 0.1) is 11.7 Å². The standard InChI is InChI=1S/C32H44N6O3S/c1-34-16-17-35(2)21-25-22-38-29-20-24(32(39)33-42(40,41)36(3)19-18-34)14-15-26(29)30(23-10-6-5-7-11-23)31(38)27-12-8-9-13-28(27)37(25)4/h8-9,12-15,20,23,25H,5-7,10-11,16-19,21-22H2,1-4H3,(H,33,39). The maximum absolute atomic E-state index is 13.4. The zero-order valence-electron chi connectivity index (χ0n) is 25.3. The van der Waals surface area contributed by atoms with Crippen LogP contribution < -0.4 is 9.62 Å². The summed E-state index contributed by atoms with van der Waals surface area (Å²) in [5.41, 5.74) is 6.46. The van der Waals surface area contributed by atoms with Crippen molar-refractivity contribution in [1.82, 2.24) is 23.4 Å². The Labute approximate surface area is 250 Å². The molecule has 1 unspecified atom stereocenters. The average molecular weight is 593 g/mol. The van der Waals surface area contributed by atoms with Crippen LogP contribution in [0.4, 0.5) is 5.69 Å². The van der Waals surface area contributed by atoms with Crippen molar-refractivity contribution in [3.05, 3.63) is 53.6 Å². The fraction of sp³-hybridized carbons (Fsp3) is 0.531. The first-order chi connectivity index (χ1) is 20.1. The highest BCUT2D eigenvalue weighted by atomic mass is 32.2. The number of likely N-dealkylation sites (N-methyl/N-ethyl adjacent to an activating group) is 4. The van der Waals surface area contributed by atoms with Crippen LogP contribution in [0.25, 0.3) is 22.2 Å². The van der Waals surface area contributed by atoms with Crippen molar-refractivity contribution < 1.29 is 13.2 Å². The summed E-state index contributed by atoms with van der Waals surface area (Å²) in [6, 6.07) is 14.7. The van der Waals surface area contributed by atoms with E-state index in [0.717, 1.165) is 44.5 Å². The van der Waals surface area contributed by atoms with Gasteiger partial charge in [0.25, 0.3) is 5.91 Å². The van der Waals surface area contributed by atoms with E-state index in [4.69, 9.17) is 0 Å². The summed E-state index contributed by atoms with van der Waals surface area (Å²) in [5.74, 6) is -0.143. The van der Waals surface area contributed by atoms with E-state index in [-0.39, 0.29) is 6.04 Å². The molecule has 2 aromatic carbocycles. The minimum absolute atomic E-state index is 0.206. The third-order valence-electron chi connectivity index (χ3n) is 9.67. The number of fused-ring (bicyclic) bond motifs is 4. The van der Waals surface area contributed by atoms with Gasteiger partial charge in [-0.25, -0.2) is 4.72 Å². The number of hydrogen-bond acceptors (Lipinski definition) is 6. The largest absolute Gasteiger partial charge is 0.368 e. The van der Waals surface area contributed by atoms with E-state index in [2.05, 4.69) is 68.4 Å². The summed E-state index contributed by atoms with van der Waals surface area (Å²) in [6.07, 6.45) is 6.06. The quantitative estimate of drug-likeness (QED) is 0.461. The van der Waals surface area contributed by atoms with Crippen LogP contribution in [-0.2, 0) is 16.8 Å². The highest BCUT2D eigenvalue weighted by Crippen LogP contribution is 2.47. The van der Waals surface area contributed by atoms with Crippen molar-refractivity contribution in [1.29, 1.82) is 0 Å². The lowest BCUT2D eigenvalue weighted by Crippen LogP contribution is -2.46. The molecule has 0 saturated heterocycles. The van der Waals surface area contributed by atoms with Gasteiger partial charge in [0.15, 0.2) is 0 Å². The van der Waals surface area contributed by atoms with Crippen LogP contribution in [0.2, 0.25) is 0 Å². The van der Waals surface area contributed by atoms with Crippen LogP contribution in [-0.4, -0.2) is 100.0 Å². The summed E-state index contributed by atoms with van der Waals surface area (Å²) in [4.78, 5) is 20.4. The first-order valence-corrected chi connectivity index (χ1v) is 16.7. The molecule has 0 radical (unpaired) electrons. The second kappa shape index (κ2) is 11.6. The zero-order valence-corrected chi connectivity index (χ0v) is 26.2. The molecule has 6 rings (SSSR count). The number of anilines is 1. The summed E-state index contributed by atoms with van der Waals surface area (Å²) in [7, 11) is 3.93. The van der Waals surface area contributed by atoms with E-state index < -0.39 is 16.1 Å². The van der Waals surface area contributed by atoms with E-state index in [1.165, 1.54) is 58.5 Å². The Hall–Kier alpha value is -2.92. The smallest absolute Gasteiger partial charge is 0.303 e. The van der Waals surface area contributed by atoms with Gasteiger partial charge >= 0.3 is 10.2 Å². The highest BCUT2D eigenvalue weighted by Gasteiger charge is 2.33. The average Bonchev–Trinajstić information content (AvgIpc) is 3.24. The summed E-state index contributed by atoms with van der Waals surface area (Å²) < 4.78 is 32.1. The SMILES string of the molecule is CN1CCN(C)CC2Cn3c(c(C4CCCCC4)c4ccc(cc43)C(=O)NS(=O)(=O)N(C)CC1)-c1ccccc1N2C. The second-order valence-electron chi connectivity index (χ2n) is 12.5. The monoisotopic (exact) mass is 592 g/mol. The molecule has 1 amide bonds. The van der Waals surface area contributed by atoms with Gasteiger partial charge in [-0.05, 0) is 56.6 Å². The van der Waals surface area contributed by atoms with Crippen LogP contribution in [0, 0.1) is 0 Å². The van der Waals surface area contributed by atoms with Crippen LogP contribution in [0.5, 0.6) is 0 Å². The predicted octanol–water partition coefficient (Wildman–Crippen LogP) is 3.96. The van der Waals surface area contributed by atoms with E-state index in [0.29, 0.717) is 24.6 Å². The highest BCUT2D eigenvalue weighted by molar-refractivity contribution is 7.87. The fourth-order valence-electron chi connectivity index (χ4n) is 7.08. The number of carbonyl (C=O) groups excluding carboxylic acids is 1. The third-order valence-corrected chi connectivity index (χ3v) is 11.1. The first kappa shape index (κ1) is 29.2. The molecular formula is C32H44N6O3S. The van der Waals surface area contributed by atoms with Gasteiger partial charge in [-0.3, -0.25) is 4.79 Å². The minimum atomic E-state index is -3.98.